The number of benzene rings is 19. The highest BCUT2D eigenvalue weighted by atomic mass is 16.3. The molecular weight excluding hydrogens is 1380 g/mol. The first-order chi connectivity index (χ1) is 56.5. The molecular formula is C110H77N3O. The Kier molecular flexibility index (Phi) is 19.2. The topological polar surface area (TPSA) is 22.9 Å². The Morgan fingerprint density at radius 2 is 0.404 bits per heavy atom. The van der Waals surface area contributed by atoms with Crippen LogP contribution in [0.3, 0.4) is 0 Å². The van der Waals surface area contributed by atoms with Gasteiger partial charge in [0.05, 0.1) is 11.4 Å². The third-order valence-corrected chi connectivity index (χ3v) is 21.8. The van der Waals surface area contributed by atoms with Crippen molar-refractivity contribution in [3.8, 4) is 89.0 Å². The second-order valence-corrected chi connectivity index (χ2v) is 28.7. The second-order valence-electron chi connectivity index (χ2n) is 28.7. The normalized spacial score (nSPS) is 11.2. The van der Waals surface area contributed by atoms with E-state index in [1.54, 1.807) is 0 Å². The Bertz CT molecular complexity index is 6360. The molecule has 1 aromatic heterocycles. The number of nitrogens with zero attached hydrogens (tertiary/aromatic N) is 3. The van der Waals surface area contributed by atoms with Crippen LogP contribution >= 0.6 is 0 Å². The molecule has 20 aromatic rings. The molecule has 0 unspecified atom stereocenters. The van der Waals surface area contributed by atoms with Gasteiger partial charge in [-0.3, -0.25) is 0 Å². The summed E-state index contributed by atoms with van der Waals surface area (Å²) in [5.41, 5.74) is 30.7. The van der Waals surface area contributed by atoms with Crippen molar-refractivity contribution in [3.63, 3.8) is 0 Å². The van der Waals surface area contributed by atoms with Gasteiger partial charge in [0, 0.05) is 66.9 Å². The summed E-state index contributed by atoms with van der Waals surface area (Å²) >= 11 is 0. The van der Waals surface area contributed by atoms with E-state index in [1.165, 1.54) is 88.3 Å². The van der Waals surface area contributed by atoms with E-state index in [9.17, 15) is 0 Å². The quantitative estimate of drug-likeness (QED) is 0.0906. The minimum atomic E-state index is 0.900. The maximum absolute atomic E-state index is 6.47. The lowest BCUT2D eigenvalue weighted by Gasteiger charge is -2.28. The Balaban J connectivity index is 0.000000153. The van der Waals surface area contributed by atoms with Gasteiger partial charge >= 0.3 is 0 Å². The highest BCUT2D eigenvalue weighted by Gasteiger charge is 2.22. The molecule has 0 N–H and O–H groups in total. The van der Waals surface area contributed by atoms with E-state index in [4.69, 9.17) is 4.42 Å². The molecule has 20 rings (SSSR count). The zero-order valence-electron chi connectivity index (χ0n) is 62.7. The third kappa shape index (κ3) is 14.0. The molecule has 0 aliphatic rings. The zero-order chi connectivity index (χ0) is 75.9. The van der Waals surface area contributed by atoms with Crippen molar-refractivity contribution in [3.05, 3.63) is 467 Å². The first-order valence-electron chi connectivity index (χ1n) is 38.9. The van der Waals surface area contributed by atoms with E-state index < -0.39 is 0 Å². The number of fused-ring (bicyclic) bond motifs is 5. The molecule has 4 heteroatoms. The minimum Gasteiger partial charge on any atom is -0.455 e. The molecule has 0 saturated carbocycles. The summed E-state index contributed by atoms with van der Waals surface area (Å²) in [6.07, 6.45) is 0. The first kappa shape index (κ1) is 69.4. The summed E-state index contributed by atoms with van der Waals surface area (Å²) in [5.74, 6) is 0. The standard InChI is InChI=1S/C56H40N2.C54H37NO/c1-5-17-43(18-6-1)49-37-39-55(53-27-15-13-25-51(49)53)57(45-21-9-3-10-22-45)47-33-29-41(30-34-47)42-31-35-48(36-32-42)58(46-23-11-4-12-24-46)56-40-38-50(44-19-7-2-8-20-44)52-26-14-16-28-54(52)56;1-3-11-38(12-4-1)40-21-25-42(26-22-40)44-29-33-47(34-30-44)55(48-35-31-45(32-36-48)43-27-23-41(24-28-43)39-13-5-2-6-14-39)49-16-9-15-46(37-49)50-18-10-19-52-51-17-7-8-20-53(51)56-54(50)52/h1-40H;1-37H. The maximum Gasteiger partial charge on any atom is 0.143 e. The Morgan fingerprint density at radius 3 is 0.789 bits per heavy atom. The van der Waals surface area contributed by atoms with Crippen molar-refractivity contribution in [2.75, 3.05) is 14.7 Å². The molecule has 4 nitrogen and oxygen atoms in total. The molecule has 1 heterocycles. The number of rotatable bonds is 17. The van der Waals surface area contributed by atoms with Crippen molar-refractivity contribution in [1.82, 2.24) is 0 Å². The Morgan fingerprint density at radius 1 is 0.140 bits per heavy atom. The lowest BCUT2D eigenvalue weighted by molar-refractivity contribution is 0.670. The molecule has 19 aromatic carbocycles. The fraction of sp³-hybridized carbons (Fsp3) is 0. The molecule has 0 amide bonds. The molecule has 0 bridgehead atoms. The van der Waals surface area contributed by atoms with E-state index in [-0.39, 0.29) is 0 Å². The van der Waals surface area contributed by atoms with Gasteiger partial charge in [0.2, 0.25) is 0 Å². The van der Waals surface area contributed by atoms with Crippen LogP contribution < -0.4 is 14.7 Å². The lowest BCUT2D eigenvalue weighted by Crippen LogP contribution is -2.10. The zero-order valence-corrected chi connectivity index (χ0v) is 62.7. The third-order valence-electron chi connectivity index (χ3n) is 21.8. The van der Waals surface area contributed by atoms with Crippen molar-refractivity contribution in [2.45, 2.75) is 0 Å². The number of furan rings is 1. The van der Waals surface area contributed by atoms with Crippen molar-refractivity contribution in [1.29, 1.82) is 0 Å². The van der Waals surface area contributed by atoms with Gasteiger partial charge in [0.15, 0.2) is 0 Å². The molecule has 0 fully saturated rings. The summed E-state index contributed by atoms with van der Waals surface area (Å²) in [6, 6.07) is 167. The van der Waals surface area contributed by atoms with Gasteiger partial charge in [-0.1, -0.05) is 364 Å². The lowest BCUT2D eigenvalue weighted by atomic mass is 9.96. The predicted molar refractivity (Wildman–Crippen MR) is 483 cm³/mol. The number of hydrogen-bond acceptors (Lipinski definition) is 4. The molecule has 0 aliphatic carbocycles. The van der Waals surface area contributed by atoms with E-state index in [0.717, 1.165) is 95.4 Å². The highest BCUT2D eigenvalue weighted by Crippen LogP contribution is 2.47. The summed E-state index contributed by atoms with van der Waals surface area (Å²) in [6.45, 7) is 0. The number of hydrogen-bond donors (Lipinski definition) is 0. The van der Waals surface area contributed by atoms with Crippen LogP contribution in [-0.2, 0) is 0 Å². The smallest absolute Gasteiger partial charge is 0.143 e. The van der Waals surface area contributed by atoms with E-state index >= 15 is 0 Å². The first-order valence-corrected chi connectivity index (χ1v) is 38.9. The van der Waals surface area contributed by atoms with Gasteiger partial charge in [-0.2, -0.15) is 0 Å². The molecule has 114 heavy (non-hydrogen) atoms. The van der Waals surface area contributed by atoms with E-state index in [2.05, 4.69) is 470 Å². The second kappa shape index (κ2) is 31.5. The van der Waals surface area contributed by atoms with Crippen molar-refractivity contribution in [2.24, 2.45) is 0 Å². The number of anilines is 9. The average Bonchev–Trinajstić information content (AvgIpc) is 1.31. The minimum absolute atomic E-state index is 0.900. The van der Waals surface area contributed by atoms with Gasteiger partial charge < -0.3 is 19.1 Å². The highest BCUT2D eigenvalue weighted by molar-refractivity contribution is 6.11. The van der Waals surface area contributed by atoms with E-state index in [1.807, 2.05) is 12.1 Å². The summed E-state index contributed by atoms with van der Waals surface area (Å²) in [7, 11) is 0. The number of para-hydroxylation sites is 4. The van der Waals surface area contributed by atoms with Crippen molar-refractivity contribution < 1.29 is 4.42 Å². The maximum atomic E-state index is 6.47. The van der Waals surface area contributed by atoms with Gasteiger partial charge in [-0.05, 0) is 197 Å². The van der Waals surface area contributed by atoms with Gasteiger partial charge in [0.25, 0.3) is 0 Å². The van der Waals surface area contributed by atoms with Crippen LogP contribution in [0.2, 0.25) is 0 Å². The van der Waals surface area contributed by atoms with Gasteiger partial charge in [-0.15, -0.1) is 0 Å². The predicted octanol–water partition coefficient (Wildman–Crippen LogP) is 31.3. The SMILES string of the molecule is c1ccc(-c2ccc(-c3ccc(N(c4ccc(-c5ccc(-c6ccccc6)cc5)cc4)c4cccc(-c5cccc6c5oc5ccccc56)c4)cc3)cc2)cc1.c1ccc(-c2ccc(N(c3ccccc3)c3ccc(-c4ccc(N(c5ccccc5)c5ccc(-c6ccccc6)c6ccccc56)cc4)cc3)c3ccccc23)cc1. The molecule has 0 aliphatic heterocycles. The van der Waals surface area contributed by atoms with Crippen LogP contribution in [0, 0.1) is 0 Å². The van der Waals surface area contributed by atoms with Crippen molar-refractivity contribution >= 4 is 94.7 Å². The summed E-state index contributed by atoms with van der Waals surface area (Å²) < 4.78 is 6.47. The largest absolute Gasteiger partial charge is 0.455 e. The molecule has 0 spiro atoms. The van der Waals surface area contributed by atoms with Crippen LogP contribution in [0.4, 0.5) is 51.2 Å². The molecule has 538 valence electrons. The Hall–Kier alpha value is -15.1. The van der Waals surface area contributed by atoms with Crippen LogP contribution in [0.1, 0.15) is 0 Å². The summed E-state index contributed by atoms with van der Waals surface area (Å²) in [5, 5.41) is 7.13. The molecule has 0 saturated heterocycles. The average molecular weight is 1460 g/mol. The van der Waals surface area contributed by atoms with Crippen LogP contribution in [0.25, 0.3) is 132 Å². The monoisotopic (exact) mass is 1460 g/mol. The summed E-state index contributed by atoms with van der Waals surface area (Å²) in [4.78, 5) is 7.08. The van der Waals surface area contributed by atoms with E-state index in [0.29, 0.717) is 0 Å². The van der Waals surface area contributed by atoms with Gasteiger partial charge in [0.1, 0.15) is 11.2 Å². The van der Waals surface area contributed by atoms with Crippen LogP contribution in [0.5, 0.6) is 0 Å². The molecule has 0 atom stereocenters. The van der Waals surface area contributed by atoms with Crippen LogP contribution in [0.15, 0.2) is 472 Å². The van der Waals surface area contributed by atoms with Gasteiger partial charge in [-0.25, -0.2) is 0 Å². The van der Waals surface area contributed by atoms with Crippen LogP contribution in [-0.4, -0.2) is 0 Å². The fourth-order valence-electron chi connectivity index (χ4n) is 16.1. The fourth-order valence-corrected chi connectivity index (χ4v) is 16.1. The molecule has 0 radical (unpaired) electrons. The Labute approximate surface area is 665 Å².